The van der Waals surface area contributed by atoms with Crippen LogP contribution in [0.15, 0.2) is 24.3 Å². The van der Waals surface area contributed by atoms with Crippen molar-refractivity contribution in [3.63, 3.8) is 0 Å². The fraction of sp³-hybridized carbons (Fsp3) is 0.500. The second-order valence-electron chi connectivity index (χ2n) is 5.62. The second kappa shape index (κ2) is 7.35. The van der Waals surface area contributed by atoms with Gasteiger partial charge in [-0.1, -0.05) is 12.1 Å². The number of hydrogen-bond donors (Lipinski definition) is 1. The highest BCUT2D eigenvalue weighted by molar-refractivity contribution is 5.83. The minimum Gasteiger partial charge on any atom is -0.480 e. The molecule has 0 spiro atoms. The molecule has 0 unspecified atom stereocenters. The number of aliphatic carboxylic acids is 1. The van der Waals surface area contributed by atoms with Gasteiger partial charge in [0.1, 0.15) is 12.4 Å². The number of hydrogen-bond acceptors (Lipinski definition) is 3. The molecule has 1 N–H and O–H groups in total. The number of rotatable bonds is 5. The monoisotopic (exact) mass is 309 g/mol. The fourth-order valence-corrected chi connectivity index (χ4v) is 2.67. The zero-order valence-electron chi connectivity index (χ0n) is 12.5. The molecular weight excluding hydrogens is 289 g/mol. The maximum Gasteiger partial charge on any atom is 0.323 e. The lowest BCUT2D eigenvalue weighted by molar-refractivity contribution is -0.149. The van der Waals surface area contributed by atoms with Gasteiger partial charge in [0.15, 0.2) is 0 Å². The van der Waals surface area contributed by atoms with Gasteiger partial charge in [-0.3, -0.25) is 9.59 Å². The standard InChI is InChI=1S/C16H20FNO4/c1-11-8-13(6-7-22-11)16(21)18(10-15(19)20)9-12-2-4-14(17)5-3-12/h2-5,11,13H,6-10H2,1H3,(H,19,20)/t11-,13-/m0/s1. The van der Waals surface area contributed by atoms with Gasteiger partial charge in [-0.05, 0) is 37.5 Å². The van der Waals surface area contributed by atoms with Crippen molar-refractivity contribution in [1.29, 1.82) is 0 Å². The molecule has 1 saturated heterocycles. The molecule has 1 aromatic carbocycles. The predicted molar refractivity (Wildman–Crippen MR) is 77.6 cm³/mol. The fourth-order valence-electron chi connectivity index (χ4n) is 2.67. The Morgan fingerprint density at radius 2 is 2.05 bits per heavy atom. The van der Waals surface area contributed by atoms with E-state index in [1.807, 2.05) is 6.92 Å². The Balaban J connectivity index is 2.09. The summed E-state index contributed by atoms with van der Waals surface area (Å²) in [6, 6.07) is 5.72. The van der Waals surface area contributed by atoms with Crippen molar-refractivity contribution in [3.05, 3.63) is 35.6 Å². The van der Waals surface area contributed by atoms with E-state index in [1.54, 1.807) is 12.1 Å². The summed E-state index contributed by atoms with van der Waals surface area (Å²) in [4.78, 5) is 24.9. The Hall–Kier alpha value is -1.95. The van der Waals surface area contributed by atoms with E-state index >= 15 is 0 Å². The highest BCUT2D eigenvalue weighted by Crippen LogP contribution is 2.23. The number of ether oxygens (including phenoxy) is 1. The smallest absolute Gasteiger partial charge is 0.323 e. The van der Waals surface area contributed by atoms with Crippen LogP contribution in [0.2, 0.25) is 0 Å². The van der Waals surface area contributed by atoms with Gasteiger partial charge < -0.3 is 14.7 Å². The zero-order valence-corrected chi connectivity index (χ0v) is 12.5. The number of carboxylic acids is 1. The zero-order chi connectivity index (χ0) is 16.1. The van der Waals surface area contributed by atoms with E-state index in [0.29, 0.717) is 25.0 Å². The van der Waals surface area contributed by atoms with E-state index in [2.05, 4.69) is 0 Å². The van der Waals surface area contributed by atoms with E-state index in [1.165, 1.54) is 17.0 Å². The number of carboxylic acid groups (broad SMARTS) is 1. The molecule has 1 aromatic rings. The highest BCUT2D eigenvalue weighted by Gasteiger charge is 2.30. The second-order valence-corrected chi connectivity index (χ2v) is 5.62. The van der Waals surface area contributed by atoms with E-state index in [-0.39, 0.29) is 36.8 Å². The topological polar surface area (TPSA) is 66.8 Å². The summed E-state index contributed by atoms with van der Waals surface area (Å²) in [5, 5.41) is 9.03. The first-order chi connectivity index (χ1) is 10.5. The molecule has 0 bridgehead atoms. The van der Waals surface area contributed by atoms with Crippen LogP contribution in [-0.2, 0) is 20.9 Å². The number of nitrogens with zero attached hydrogens (tertiary/aromatic N) is 1. The molecule has 1 heterocycles. The maximum atomic E-state index is 12.9. The SMILES string of the molecule is C[C@H]1C[C@@H](C(=O)N(CC(=O)O)Cc2ccc(F)cc2)CCO1. The molecule has 0 aromatic heterocycles. The lowest BCUT2D eigenvalue weighted by atomic mass is 9.94. The van der Waals surface area contributed by atoms with Crippen LogP contribution in [-0.4, -0.2) is 41.1 Å². The van der Waals surface area contributed by atoms with E-state index in [9.17, 15) is 14.0 Å². The lowest BCUT2D eigenvalue weighted by Gasteiger charge is -2.31. The van der Waals surface area contributed by atoms with E-state index in [4.69, 9.17) is 9.84 Å². The number of carbonyl (C=O) groups excluding carboxylic acids is 1. The van der Waals surface area contributed by atoms with Crippen molar-refractivity contribution in [3.8, 4) is 0 Å². The first-order valence-electron chi connectivity index (χ1n) is 7.32. The van der Waals surface area contributed by atoms with Gasteiger partial charge in [0, 0.05) is 19.1 Å². The number of halogens is 1. The number of carbonyl (C=O) groups is 2. The largest absolute Gasteiger partial charge is 0.480 e. The molecule has 1 amide bonds. The van der Waals surface area contributed by atoms with Gasteiger partial charge in [-0.15, -0.1) is 0 Å². The summed E-state index contributed by atoms with van der Waals surface area (Å²) in [5.74, 6) is -1.82. The Bertz CT molecular complexity index is 531. The van der Waals surface area contributed by atoms with Crippen LogP contribution in [0.5, 0.6) is 0 Å². The normalized spacial score (nSPS) is 21.4. The number of benzene rings is 1. The van der Waals surface area contributed by atoms with Gasteiger partial charge in [-0.25, -0.2) is 4.39 Å². The predicted octanol–water partition coefficient (Wildman–Crippen LogP) is 2.05. The third-order valence-corrected chi connectivity index (χ3v) is 3.76. The lowest BCUT2D eigenvalue weighted by Crippen LogP contribution is -2.42. The van der Waals surface area contributed by atoms with Gasteiger partial charge in [0.05, 0.1) is 6.10 Å². The summed E-state index contributed by atoms with van der Waals surface area (Å²) in [6.45, 7) is 2.22. The average molecular weight is 309 g/mol. The molecule has 5 nitrogen and oxygen atoms in total. The van der Waals surface area contributed by atoms with Crippen LogP contribution in [0.1, 0.15) is 25.3 Å². The molecule has 0 aliphatic carbocycles. The van der Waals surface area contributed by atoms with Crippen molar-refractivity contribution in [2.24, 2.45) is 5.92 Å². The molecular formula is C16H20FNO4. The highest BCUT2D eigenvalue weighted by atomic mass is 19.1. The Labute approximate surface area is 128 Å². The molecule has 120 valence electrons. The Morgan fingerprint density at radius 1 is 1.36 bits per heavy atom. The minimum absolute atomic E-state index is 0.000184. The molecule has 22 heavy (non-hydrogen) atoms. The van der Waals surface area contributed by atoms with Crippen molar-refractivity contribution in [1.82, 2.24) is 4.90 Å². The summed E-state index contributed by atoms with van der Waals surface area (Å²) in [6.07, 6.45) is 1.20. The van der Waals surface area contributed by atoms with Crippen LogP contribution in [0.4, 0.5) is 4.39 Å². The van der Waals surface area contributed by atoms with Crippen molar-refractivity contribution < 1.29 is 23.8 Å². The molecule has 6 heteroatoms. The first-order valence-corrected chi connectivity index (χ1v) is 7.32. The van der Waals surface area contributed by atoms with Gasteiger partial charge in [0.2, 0.25) is 5.91 Å². The minimum atomic E-state index is -1.06. The molecule has 1 aliphatic heterocycles. The van der Waals surface area contributed by atoms with Crippen molar-refractivity contribution in [2.75, 3.05) is 13.2 Å². The van der Waals surface area contributed by atoms with Crippen LogP contribution < -0.4 is 0 Å². The third-order valence-electron chi connectivity index (χ3n) is 3.76. The van der Waals surface area contributed by atoms with Gasteiger partial charge in [-0.2, -0.15) is 0 Å². The summed E-state index contributed by atoms with van der Waals surface area (Å²) >= 11 is 0. The van der Waals surface area contributed by atoms with Crippen LogP contribution in [0.25, 0.3) is 0 Å². The summed E-state index contributed by atoms with van der Waals surface area (Å²) in [7, 11) is 0. The summed E-state index contributed by atoms with van der Waals surface area (Å²) in [5.41, 5.74) is 0.705. The van der Waals surface area contributed by atoms with E-state index in [0.717, 1.165) is 0 Å². The molecule has 0 saturated carbocycles. The molecule has 1 fully saturated rings. The van der Waals surface area contributed by atoms with Crippen LogP contribution in [0.3, 0.4) is 0 Å². The van der Waals surface area contributed by atoms with Crippen molar-refractivity contribution in [2.45, 2.75) is 32.4 Å². The molecule has 2 atom stereocenters. The average Bonchev–Trinajstić information content (AvgIpc) is 2.47. The quantitative estimate of drug-likeness (QED) is 0.904. The van der Waals surface area contributed by atoms with Crippen molar-refractivity contribution >= 4 is 11.9 Å². The van der Waals surface area contributed by atoms with Gasteiger partial charge >= 0.3 is 5.97 Å². The maximum absolute atomic E-state index is 12.9. The molecule has 1 aliphatic rings. The van der Waals surface area contributed by atoms with Gasteiger partial charge in [0.25, 0.3) is 0 Å². The van der Waals surface area contributed by atoms with Crippen LogP contribution in [0, 0.1) is 11.7 Å². The Morgan fingerprint density at radius 3 is 2.64 bits per heavy atom. The molecule has 0 radical (unpaired) electrons. The first kappa shape index (κ1) is 16.4. The Kier molecular flexibility index (Phi) is 5.49. The van der Waals surface area contributed by atoms with E-state index < -0.39 is 5.97 Å². The summed E-state index contributed by atoms with van der Waals surface area (Å²) < 4.78 is 18.4. The van der Waals surface area contributed by atoms with Crippen LogP contribution >= 0.6 is 0 Å². The molecule has 2 rings (SSSR count). The third kappa shape index (κ3) is 4.53. The number of amides is 1.